The maximum atomic E-state index is 12.8. The summed E-state index contributed by atoms with van der Waals surface area (Å²) >= 11 is 3.48. The quantitative estimate of drug-likeness (QED) is 0.635. The second-order valence-corrected chi connectivity index (χ2v) is 8.09. The van der Waals surface area contributed by atoms with E-state index >= 15 is 0 Å². The molecule has 1 fully saturated rings. The number of anilines is 2. The maximum Gasteiger partial charge on any atom is 0.229 e. The van der Waals surface area contributed by atoms with Crippen molar-refractivity contribution in [3.8, 4) is 0 Å². The van der Waals surface area contributed by atoms with E-state index in [1.54, 1.807) is 11.1 Å². The summed E-state index contributed by atoms with van der Waals surface area (Å²) in [6.45, 7) is 3.00. The molecule has 1 unspecified atom stereocenters. The normalized spacial score (nSPS) is 16.3. The number of nitrogens with zero attached hydrogens (tertiary/aromatic N) is 3. The number of aryl methyl sites for hydroxylation is 1. The van der Waals surface area contributed by atoms with Crippen molar-refractivity contribution >= 4 is 39.1 Å². The zero-order valence-electron chi connectivity index (χ0n) is 16.0. The summed E-state index contributed by atoms with van der Waals surface area (Å²) in [6.07, 6.45) is 3.85. The average molecular weight is 453 g/mol. The Morgan fingerprint density at radius 3 is 2.86 bits per heavy atom. The molecule has 1 aromatic heterocycles. The van der Waals surface area contributed by atoms with Gasteiger partial charge in [-0.3, -0.25) is 14.3 Å². The van der Waals surface area contributed by atoms with Crippen molar-refractivity contribution < 1.29 is 9.59 Å². The van der Waals surface area contributed by atoms with Gasteiger partial charge in [-0.15, -0.1) is 0 Å². The second-order valence-electron chi connectivity index (χ2n) is 7.23. The Balaban J connectivity index is 1.42. The topological polar surface area (TPSA) is 67.2 Å². The molecule has 1 N–H and O–H groups in total. The number of carbonyl (C=O) groups excluding carboxylic acids is 2. The number of amides is 2. The Morgan fingerprint density at radius 1 is 1.24 bits per heavy atom. The summed E-state index contributed by atoms with van der Waals surface area (Å²) in [5, 5.41) is 7.17. The molecule has 0 saturated carbocycles. The van der Waals surface area contributed by atoms with Gasteiger partial charge in [-0.1, -0.05) is 28.1 Å². The number of nitrogens with one attached hydrogen (secondary N) is 1. The highest BCUT2D eigenvalue weighted by molar-refractivity contribution is 9.10. The lowest BCUT2D eigenvalue weighted by Crippen LogP contribution is -2.28. The third kappa shape index (κ3) is 4.40. The maximum absolute atomic E-state index is 12.8. The zero-order valence-corrected chi connectivity index (χ0v) is 17.6. The number of hydrogen-bond acceptors (Lipinski definition) is 3. The standard InChI is InChI=1S/C22H21BrN4O2/c1-15-10-19(6-7-20(15)23)27-14-17(12-21(27)28)22(29)25-18-5-2-4-16(11-18)13-26-9-3-8-24-26/h2-11,17H,12-14H2,1H3,(H,25,29). The Labute approximate surface area is 177 Å². The van der Waals surface area contributed by atoms with Crippen molar-refractivity contribution in [3.63, 3.8) is 0 Å². The van der Waals surface area contributed by atoms with Crippen molar-refractivity contribution in [2.24, 2.45) is 5.92 Å². The van der Waals surface area contributed by atoms with Crippen LogP contribution in [0.1, 0.15) is 17.5 Å². The number of rotatable bonds is 5. The third-order valence-electron chi connectivity index (χ3n) is 5.05. The molecule has 7 heteroatoms. The van der Waals surface area contributed by atoms with Crippen LogP contribution in [0.5, 0.6) is 0 Å². The summed E-state index contributed by atoms with van der Waals surface area (Å²) < 4.78 is 2.83. The predicted molar refractivity (Wildman–Crippen MR) is 116 cm³/mol. The number of halogens is 1. The van der Waals surface area contributed by atoms with Crippen LogP contribution in [0.25, 0.3) is 0 Å². The van der Waals surface area contributed by atoms with Crippen molar-refractivity contribution in [2.45, 2.75) is 19.9 Å². The molecule has 0 radical (unpaired) electrons. The number of aromatic nitrogens is 2. The van der Waals surface area contributed by atoms with Crippen LogP contribution in [-0.4, -0.2) is 28.1 Å². The molecule has 0 aliphatic carbocycles. The lowest BCUT2D eigenvalue weighted by atomic mass is 10.1. The van der Waals surface area contributed by atoms with Gasteiger partial charge in [-0.25, -0.2) is 0 Å². The molecule has 1 aliphatic heterocycles. The van der Waals surface area contributed by atoms with Gasteiger partial charge in [0.05, 0.1) is 12.5 Å². The fourth-order valence-electron chi connectivity index (χ4n) is 3.50. The van der Waals surface area contributed by atoms with Gasteiger partial charge in [0.25, 0.3) is 0 Å². The van der Waals surface area contributed by atoms with Gasteiger partial charge in [-0.05, 0) is 54.4 Å². The summed E-state index contributed by atoms with van der Waals surface area (Å²) in [4.78, 5) is 27.0. The first kappa shape index (κ1) is 19.4. The van der Waals surface area contributed by atoms with Crippen molar-refractivity contribution in [1.82, 2.24) is 9.78 Å². The highest BCUT2D eigenvalue weighted by atomic mass is 79.9. The van der Waals surface area contributed by atoms with Gasteiger partial charge in [0, 0.05) is 41.2 Å². The zero-order chi connectivity index (χ0) is 20.4. The van der Waals surface area contributed by atoms with E-state index in [1.165, 1.54) is 0 Å². The Bertz CT molecular complexity index is 1050. The molecule has 29 heavy (non-hydrogen) atoms. The summed E-state index contributed by atoms with van der Waals surface area (Å²) in [7, 11) is 0. The molecule has 1 aliphatic rings. The van der Waals surface area contributed by atoms with Crippen LogP contribution in [0.3, 0.4) is 0 Å². The highest BCUT2D eigenvalue weighted by Gasteiger charge is 2.35. The number of benzene rings is 2. The molecule has 2 amide bonds. The van der Waals surface area contributed by atoms with E-state index in [-0.39, 0.29) is 24.2 Å². The lowest BCUT2D eigenvalue weighted by Gasteiger charge is -2.18. The SMILES string of the molecule is Cc1cc(N2CC(C(=O)Nc3cccc(Cn4cccn4)c3)CC2=O)ccc1Br. The molecular formula is C22H21BrN4O2. The van der Waals surface area contributed by atoms with Crippen LogP contribution >= 0.6 is 15.9 Å². The van der Waals surface area contributed by atoms with Gasteiger partial charge in [-0.2, -0.15) is 5.10 Å². The molecule has 2 aromatic carbocycles. The highest BCUT2D eigenvalue weighted by Crippen LogP contribution is 2.29. The molecule has 6 nitrogen and oxygen atoms in total. The van der Waals surface area contributed by atoms with Crippen LogP contribution < -0.4 is 10.2 Å². The third-order valence-corrected chi connectivity index (χ3v) is 5.94. The van der Waals surface area contributed by atoms with Crippen molar-refractivity contribution in [1.29, 1.82) is 0 Å². The predicted octanol–water partition coefficient (Wildman–Crippen LogP) is 3.99. The number of carbonyl (C=O) groups is 2. The first-order valence-corrected chi connectivity index (χ1v) is 10.2. The molecule has 3 aromatic rings. The molecule has 148 valence electrons. The second kappa shape index (κ2) is 8.21. The van der Waals surface area contributed by atoms with Crippen LogP contribution in [0.4, 0.5) is 11.4 Å². The molecule has 1 atom stereocenters. The monoisotopic (exact) mass is 452 g/mol. The smallest absolute Gasteiger partial charge is 0.229 e. The summed E-state index contributed by atoms with van der Waals surface area (Å²) in [5.74, 6) is -0.536. The van der Waals surface area contributed by atoms with E-state index in [0.717, 1.165) is 27.0 Å². The fourth-order valence-corrected chi connectivity index (χ4v) is 3.75. The first-order valence-electron chi connectivity index (χ1n) is 9.43. The Morgan fingerprint density at radius 2 is 2.10 bits per heavy atom. The minimum absolute atomic E-state index is 0.0284. The van der Waals surface area contributed by atoms with Crippen molar-refractivity contribution in [2.75, 3.05) is 16.8 Å². The van der Waals surface area contributed by atoms with Crippen LogP contribution in [0.2, 0.25) is 0 Å². The van der Waals surface area contributed by atoms with E-state index in [0.29, 0.717) is 13.1 Å². The van der Waals surface area contributed by atoms with Gasteiger partial charge in [0.2, 0.25) is 11.8 Å². The Hall–Kier alpha value is -2.93. The molecular weight excluding hydrogens is 432 g/mol. The van der Waals surface area contributed by atoms with Crippen molar-refractivity contribution in [3.05, 3.63) is 76.5 Å². The first-order chi connectivity index (χ1) is 14.0. The molecule has 0 spiro atoms. The fraction of sp³-hybridized carbons (Fsp3) is 0.227. The Kier molecular flexibility index (Phi) is 5.49. The minimum Gasteiger partial charge on any atom is -0.326 e. The van der Waals surface area contributed by atoms with Crippen LogP contribution in [-0.2, 0) is 16.1 Å². The number of hydrogen-bond donors (Lipinski definition) is 1. The summed E-state index contributed by atoms with van der Waals surface area (Å²) in [6, 6.07) is 15.4. The van der Waals surface area contributed by atoms with E-state index < -0.39 is 0 Å². The van der Waals surface area contributed by atoms with E-state index in [9.17, 15) is 9.59 Å². The van der Waals surface area contributed by atoms with Crippen LogP contribution in [0.15, 0.2) is 65.4 Å². The largest absolute Gasteiger partial charge is 0.326 e. The molecule has 2 heterocycles. The van der Waals surface area contributed by atoms with Gasteiger partial charge >= 0.3 is 0 Å². The van der Waals surface area contributed by atoms with Gasteiger partial charge in [0.1, 0.15) is 0 Å². The molecule has 1 saturated heterocycles. The van der Waals surface area contributed by atoms with Crippen LogP contribution in [0, 0.1) is 12.8 Å². The average Bonchev–Trinajstić information content (AvgIpc) is 3.34. The van der Waals surface area contributed by atoms with E-state index in [1.807, 2.05) is 66.3 Å². The molecule has 0 bridgehead atoms. The summed E-state index contributed by atoms with van der Waals surface area (Å²) in [5.41, 5.74) is 3.65. The lowest BCUT2D eigenvalue weighted by molar-refractivity contribution is -0.122. The van der Waals surface area contributed by atoms with Gasteiger partial charge in [0.15, 0.2) is 0 Å². The minimum atomic E-state index is -0.374. The molecule has 4 rings (SSSR count). The van der Waals surface area contributed by atoms with Gasteiger partial charge < -0.3 is 10.2 Å². The van der Waals surface area contributed by atoms with E-state index in [2.05, 4.69) is 26.3 Å². The van der Waals surface area contributed by atoms with E-state index in [4.69, 9.17) is 0 Å².